The maximum Gasteiger partial charge on any atom is 0.274 e. The number of rotatable bonds is 1. The molecule has 0 N–H and O–H groups in total. The predicted octanol–water partition coefficient (Wildman–Crippen LogP) is 0.132. The van der Waals surface area contributed by atoms with E-state index in [1.165, 1.54) is 18.5 Å². The minimum atomic E-state index is 0.139. The van der Waals surface area contributed by atoms with Crippen LogP contribution in [0.1, 0.15) is 5.76 Å². The minimum absolute atomic E-state index is 0.139. The summed E-state index contributed by atoms with van der Waals surface area (Å²) in [5.41, 5.74) is 0. The maximum absolute atomic E-state index is 9.61. The molecule has 1 rings (SSSR count). The Morgan fingerprint density at radius 1 is 1.86 bits per heavy atom. The van der Waals surface area contributed by atoms with Crippen LogP contribution in [0.3, 0.4) is 0 Å². The van der Waals surface area contributed by atoms with E-state index in [0.29, 0.717) is 0 Å². The van der Waals surface area contributed by atoms with Crippen LogP contribution in [0.25, 0.3) is 0 Å². The molecule has 0 aliphatic carbocycles. The molecule has 0 spiro atoms. The molecule has 1 aromatic rings. The van der Waals surface area contributed by atoms with E-state index < -0.39 is 0 Å². The van der Waals surface area contributed by atoms with Gasteiger partial charge >= 0.3 is 0 Å². The molecule has 3 nitrogen and oxygen atoms in total. The van der Waals surface area contributed by atoms with Gasteiger partial charge in [-0.3, -0.25) is 4.79 Å². The van der Waals surface area contributed by atoms with Crippen LogP contribution in [-0.4, -0.2) is 11.4 Å². The third kappa shape index (κ3) is 0.652. The summed E-state index contributed by atoms with van der Waals surface area (Å²) in [6.07, 6.45) is 2.92. The van der Waals surface area contributed by atoms with Crippen LogP contribution in [0.15, 0.2) is 16.8 Å². The molecule has 0 aromatic carbocycles. The van der Waals surface area contributed by atoms with E-state index >= 15 is 0 Å². The van der Waals surface area contributed by atoms with Crippen molar-refractivity contribution < 1.29 is 9.32 Å². The molecule has 1 aromatic heterocycles. The molecule has 3 heteroatoms. The molecule has 0 saturated heterocycles. The van der Waals surface area contributed by atoms with Crippen LogP contribution in [0, 0.1) is 0 Å². The van der Waals surface area contributed by atoms with Gasteiger partial charge in [0.05, 0.1) is 6.20 Å². The second kappa shape index (κ2) is 1.55. The van der Waals surface area contributed by atoms with Crippen molar-refractivity contribution >= 4 is 6.29 Å². The zero-order valence-corrected chi connectivity index (χ0v) is 3.42. The van der Waals surface area contributed by atoms with E-state index in [0.717, 1.165) is 0 Å². The minimum Gasteiger partial charge on any atom is -0.353 e. The summed E-state index contributed by atoms with van der Waals surface area (Å²) in [6.45, 7) is 0. The lowest BCUT2D eigenvalue weighted by molar-refractivity contribution is 0.407. The lowest BCUT2D eigenvalue weighted by atomic mass is 10.5. The molecule has 1 radical (unpaired) electrons. The van der Waals surface area contributed by atoms with Crippen molar-refractivity contribution in [1.29, 1.82) is 0 Å². The number of carbonyl (C=O) groups excluding carboxylic acids is 1. The van der Waals surface area contributed by atoms with Gasteiger partial charge in [-0.1, -0.05) is 5.16 Å². The first-order valence-corrected chi connectivity index (χ1v) is 1.72. The molecule has 0 aliphatic heterocycles. The van der Waals surface area contributed by atoms with Crippen molar-refractivity contribution in [3.05, 3.63) is 18.0 Å². The first-order chi connectivity index (χ1) is 3.43. The summed E-state index contributed by atoms with van der Waals surface area (Å²) in [5.74, 6) is 0.139. The monoisotopic (exact) mass is 96.0 g/mol. The van der Waals surface area contributed by atoms with Gasteiger partial charge in [0.1, 0.15) is 0 Å². The molecule has 0 bridgehead atoms. The summed E-state index contributed by atoms with van der Waals surface area (Å²) < 4.78 is 4.31. The number of hydrogen-bond donors (Lipinski definition) is 0. The van der Waals surface area contributed by atoms with Gasteiger partial charge in [0, 0.05) is 6.07 Å². The van der Waals surface area contributed by atoms with E-state index in [4.69, 9.17) is 0 Å². The maximum atomic E-state index is 9.61. The van der Waals surface area contributed by atoms with Gasteiger partial charge in [-0.2, -0.15) is 0 Å². The number of aromatic nitrogens is 1. The van der Waals surface area contributed by atoms with E-state index in [2.05, 4.69) is 9.68 Å². The van der Waals surface area contributed by atoms with Crippen molar-refractivity contribution in [2.24, 2.45) is 0 Å². The second-order valence-electron chi connectivity index (χ2n) is 0.979. The Kier molecular flexibility index (Phi) is 0.898. The number of nitrogens with zero attached hydrogens (tertiary/aromatic N) is 1. The molecule has 0 amide bonds. The highest BCUT2D eigenvalue weighted by Gasteiger charge is 1.89. The Hall–Kier alpha value is -1.12. The fourth-order valence-corrected chi connectivity index (χ4v) is 0.268. The molecule has 0 saturated carbocycles. The predicted molar refractivity (Wildman–Crippen MR) is 21.3 cm³/mol. The molecule has 0 atom stereocenters. The van der Waals surface area contributed by atoms with E-state index in [1.807, 2.05) is 0 Å². The van der Waals surface area contributed by atoms with Crippen molar-refractivity contribution in [2.45, 2.75) is 0 Å². The Labute approximate surface area is 39.9 Å². The SMILES string of the molecule is O=[C]c1ccno1. The summed E-state index contributed by atoms with van der Waals surface area (Å²) >= 11 is 0. The zero-order chi connectivity index (χ0) is 5.11. The van der Waals surface area contributed by atoms with Gasteiger partial charge in [0.25, 0.3) is 6.29 Å². The molecule has 0 unspecified atom stereocenters. The Balaban J connectivity index is 2.96. The van der Waals surface area contributed by atoms with Crippen molar-refractivity contribution in [3.8, 4) is 0 Å². The van der Waals surface area contributed by atoms with Crippen molar-refractivity contribution in [1.82, 2.24) is 5.16 Å². The van der Waals surface area contributed by atoms with Gasteiger partial charge < -0.3 is 4.52 Å². The van der Waals surface area contributed by atoms with Crippen LogP contribution in [0.2, 0.25) is 0 Å². The highest BCUT2D eigenvalue weighted by molar-refractivity contribution is 5.70. The summed E-state index contributed by atoms with van der Waals surface area (Å²) in [6, 6.07) is 1.44. The Bertz CT molecular complexity index is 145. The first-order valence-electron chi connectivity index (χ1n) is 1.72. The molecule has 0 aliphatic rings. The van der Waals surface area contributed by atoms with Crippen LogP contribution in [0.4, 0.5) is 0 Å². The van der Waals surface area contributed by atoms with E-state index in [-0.39, 0.29) is 5.76 Å². The van der Waals surface area contributed by atoms with Crippen molar-refractivity contribution in [2.75, 3.05) is 0 Å². The second-order valence-corrected chi connectivity index (χ2v) is 0.979. The molecule has 1 heterocycles. The van der Waals surface area contributed by atoms with Gasteiger partial charge in [-0.25, -0.2) is 0 Å². The van der Waals surface area contributed by atoms with Crippen LogP contribution in [-0.2, 0) is 4.79 Å². The fourth-order valence-electron chi connectivity index (χ4n) is 0.268. The Morgan fingerprint density at radius 3 is 3.00 bits per heavy atom. The van der Waals surface area contributed by atoms with Crippen molar-refractivity contribution in [3.63, 3.8) is 0 Å². The third-order valence-corrected chi connectivity index (χ3v) is 0.538. The fraction of sp³-hybridized carbons (Fsp3) is 0. The normalized spacial score (nSPS) is 8.57. The third-order valence-electron chi connectivity index (χ3n) is 0.538. The molecular weight excluding hydrogens is 94.0 g/mol. The first kappa shape index (κ1) is 4.05. The lowest BCUT2D eigenvalue weighted by Crippen LogP contribution is -1.67. The van der Waals surface area contributed by atoms with Gasteiger partial charge in [-0.15, -0.1) is 0 Å². The summed E-state index contributed by atoms with van der Waals surface area (Å²) in [7, 11) is 0. The van der Waals surface area contributed by atoms with Crippen LogP contribution >= 0.6 is 0 Å². The largest absolute Gasteiger partial charge is 0.353 e. The Morgan fingerprint density at radius 2 is 2.71 bits per heavy atom. The average Bonchev–Trinajstić information content (AvgIpc) is 2.14. The molecule has 35 valence electrons. The molecule has 0 fully saturated rings. The number of hydrogen-bond acceptors (Lipinski definition) is 3. The average molecular weight is 96.1 g/mol. The zero-order valence-electron chi connectivity index (χ0n) is 3.42. The standard InChI is InChI=1S/C4H2NO2/c6-3-4-1-2-5-7-4/h1-2H. The topological polar surface area (TPSA) is 43.1 Å². The smallest absolute Gasteiger partial charge is 0.274 e. The van der Waals surface area contributed by atoms with Gasteiger partial charge in [0.15, 0.2) is 0 Å². The quantitative estimate of drug-likeness (QED) is 0.499. The highest BCUT2D eigenvalue weighted by Crippen LogP contribution is 1.87. The van der Waals surface area contributed by atoms with Gasteiger partial charge in [-0.05, 0) is 0 Å². The molecular formula is C4H2NO2. The molecule has 7 heavy (non-hydrogen) atoms. The van der Waals surface area contributed by atoms with E-state index in [1.54, 1.807) is 0 Å². The summed E-state index contributed by atoms with van der Waals surface area (Å²) in [5, 5.41) is 3.26. The summed E-state index contributed by atoms with van der Waals surface area (Å²) in [4.78, 5) is 9.61. The van der Waals surface area contributed by atoms with Crippen LogP contribution in [0.5, 0.6) is 0 Å². The van der Waals surface area contributed by atoms with E-state index in [9.17, 15) is 4.79 Å². The van der Waals surface area contributed by atoms with Crippen LogP contribution < -0.4 is 0 Å². The lowest BCUT2D eigenvalue weighted by Gasteiger charge is -1.63. The van der Waals surface area contributed by atoms with Gasteiger partial charge in [0.2, 0.25) is 5.76 Å². The highest BCUT2D eigenvalue weighted by atomic mass is 16.5.